The highest BCUT2D eigenvalue weighted by Crippen LogP contribution is 2.06. The predicted molar refractivity (Wildman–Crippen MR) is 83.1 cm³/mol. The Hall–Kier alpha value is -1.50. The summed E-state index contributed by atoms with van der Waals surface area (Å²) >= 11 is 0. The normalized spacial score (nSPS) is 11.7. The molecule has 0 aliphatic rings. The van der Waals surface area contributed by atoms with Crippen LogP contribution in [0.5, 0.6) is 0 Å². The quantitative estimate of drug-likeness (QED) is 0.723. The third-order valence-electron chi connectivity index (χ3n) is 2.34. The van der Waals surface area contributed by atoms with Crippen molar-refractivity contribution in [3.8, 4) is 0 Å². The van der Waals surface area contributed by atoms with Crippen molar-refractivity contribution < 1.29 is 4.42 Å². The zero-order valence-electron chi connectivity index (χ0n) is 12.6. The second kappa shape index (κ2) is 9.52. The molecule has 1 aromatic carbocycles. The van der Waals surface area contributed by atoms with Crippen molar-refractivity contribution in [2.75, 3.05) is 0 Å². The molecule has 0 bridgehead atoms. The summed E-state index contributed by atoms with van der Waals surface area (Å²) in [6.07, 6.45) is 5.23. The molecule has 0 atom stereocenters. The van der Waals surface area contributed by atoms with Gasteiger partial charge in [-0.2, -0.15) is 0 Å². The molecule has 0 unspecified atom stereocenters. The highest BCUT2D eigenvalue weighted by atomic mass is 16.3. The minimum atomic E-state index is 0.973. The lowest BCUT2D eigenvalue weighted by Gasteiger charge is -1.82. The number of fused-ring (bicyclic) bond motifs is 1. The molecule has 2 rings (SSSR count). The maximum absolute atomic E-state index is 5.74. The smallest absolute Gasteiger partial charge is 0.135 e. The number of para-hydroxylation sites is 1. The molecule has 0 radical (unpaired) electrons. The van der Waals surface area contributed by atoms with Gasteiger partial charge in [0.15, 0.2) is 0 Å². The first kappa shape index (κ1) is 16.5. The Labute approximate surface area is 111 Å². The topological polar surface area (TPSA) is 13.1 Å². The lowest BCUT2D eigenvalue weighted by Crippen LogP contribution is -2.19. The minimum Gasteiger partial charge on any atom is -0.456 e. The van der Waals surface area contributed by atoms with Gasteiger partial charge in [-0.3, -0.25) is 0 Å². The molecule has 0 aliphatic carbocycles. The number of rotatable bonds is 1. The van der Waals surface area contributed by atoms with Crippen LogP contribution in [0.25, 0.3) is 23.1 Å². The SMILES string of the molecule is C/C=c1\c(=C/CC)oc2ccccc12.CC.CC. The van der Waals surface area contributed by atoms with Gasteiger partial charge < -0.3 is 4.42 Å². The van der Waals surface area contributed by atoms with Crippen LogP contribution in [0.1, 0.15) is 48.0 Å². The average Bonchev–Trinajstić information content (AvgIpc) is 2.81. The fourth-order valence-electron chi connectivity index (χ4n) is 1.72. The maximum atomic E-state index is 5.74. The van der Waals surface area contributed by atoms with Gasteiger partial charge in [0, 0.05) is 10.6 Å². The Morgan fingerprint density at radius 3 is 2.22 bits per heavy atom. The first-order chi connectivity index (χ1) is 8.86. The van der Waals surface area contributed by atoms with E-state index in [-0.39, 0.29) is 0 Å². The van der Waals surface area contributed by atoms with Crippen LogP contribution in [0.2, 0.25) is 0 Å². The molecule has 1 nitrogen and oxygen atoms in total. The third kappa shape index (κ3) is 3.76. The van der Waals surface area contributed by atoms with E-state index in [1.807, 2.05) is 52.8 Å². The molecule has 1 heterocycles. The number of benzene rings is 1. The van der Waals surface area contributed by atoms with Crippen molar-refractivity contribution >= 4 is 23.1 Å². The largest absolute Gasteiger partial charge is 0.456 e. The fraction of sp³-hybridized carbons (Fsp3) is 0.412. The molecule has 1 aromatic heterocycles. The molecule has 18 heavy (non-hydrogen) atoms. The summed E-state index contributed by atoms with van der Waals surface area (Å²) < 4.78 is 5.74. The zero-order chi connectivity index (χ0) is 14.0. The van der Waals surface area contributed by atoms with E-state index in [1.54, 1.807) is 0 Å². The molecule has 100 valence electrons. The number of furan rings is 1. The zero-order valence-corrected chi connectivity index (χ0v) is 12.6. The summed E-state index contributed by atoms with van der Waals surface area (Å²) in [7, 11) is 0. The first-order valence-electron chi connectivity index (χ1n) is 7.01. The molecule has 0 aliphatic heterocycles. The lowest BCUT2D eigenvalue weighted by atomic mass is 10.2. The Morgan fingerprint density at radius 1 is 1.06 bits per heavy atom. The highest BCUT2D eigenvalue weighted by Gasteiger charge is 1.99. The van der Waals surface area contributed by atoms with E-state index in [2.05, 4.69) is 25.1 Å². The minimum absolute atomic E-state index is 0.973. The van der Waals surface area contributed by atoms with Crippen LogP contribution in [0.3, 0.4) is 0 Å². The van der Waals surface area contributed by atoms with Gasteiger partial charge >= 0.3 is 0 Å². The van der Waals surface area contributed by atoms with Gasteiger partial charge in [0.1, 0.15) is 11.0 Å². The number of hydrogen-bond acceptors (Lipinski definition) is 1. The molecule has 0 fully saturated rings. The number of hydrogen-bond donors (Lipinski definition) is 0. The van der Waals surface area contributed by atoms with Gasteiger partial charge in [-0.15, -0.1) is 0 Å². The van der Waals surface area contributed by atoms with Crippen molar-refractivity contribution in [2.24, 2.45) is 0 Å². The predicted octanol–water partition coefficient (Wildman–Crippen LogP) is 4.48. The molecule has 0 N–H and O–H groups in total. The van der Waals surface area contributed by atoms with Crippen LogP contribution >= 0.6 is 0 Å². The van der Waals surface area contributed by atoms with Crippen molar-refractivity contribution in [3.05, 3.63) is 34.9 Å². The van der Waals surface area contributed by atoms with E-state index in [0.717, 1.165) is 17.4 Å². The van der Waals surface area contributed by atoms with E-state index in [4.69, 9.17) is 4.42 Å². The lowest BCUT2D eigenvalue weighted by molar-refractivity contribution is 0.573. The van der Waals surface area contributed by atoms with Crippen LogP contribution < -0.4 is 10.6 Å². The molecule has 2 aromatic rings. The summed E-state index contributed by atoms with van der Waals surface area (Å²) in [5.74, 6) is 0. The van der Waals surface area contributed by atoms with Crippen molar-refractivity contribution in [2.45, 2.75) is 48.0 Å². The fourth-order valence-corrected chi connectivity index (χ4v) is 1.72. The standard InChI is InChI=1S/C13H14O.2C2H6/c1-3-7-12-10(4-2)11-8-5-6-9-13(11)14-12;2*1-2/h4-9H,3H2,1-2H3;2*1-2H3/b10-4-,12-7+;;. The molecule has 0 spiro atoms. The van der Waals surface area contributed by atoms with Crippen LogP contribution in [0.4, 0.5) is 0 Å². The van der Waals surface area contributed by atoms with Gasteiger partial charge in [-0.1, -0.05) is 58.9 Å². The summed E-state index contributed by atoms with van der Waals surface area (Å²) in [4.78, 5) is 0. The first-order valence-corrected chi connectivity index (χ1v) is 7.01. The van der Waals surface area contributed by atoms with Crippen molar-refractivity contribution in [1.82, 2.24) is 0 Å². The van der Waals surface area contributed by atoms with Crippen LogP contribution in [0, 0.1) is 0 Å². The van der Waals surface area contributed by atoms with Gasteiger partial charge in [0.25, 0.3) is 0 Å². The van der Waals surface area contributed by atoms with E-state index >= 15 is 0 Å². The van der Waals surface area contributed by atoms with Crippen molar-refractivity contribution in [1.29, 1.82) is 0 Å². The molecular weight excluding hydrogens is 220 g/mol. The second-order valence-corrected chi connectivity index (χ2v) is 3.28. The van der Waals surface area contributed by atoms with Gasteiger partial charge in [-0.05, 0) is 25.5 Å². The molecule has 0 saturated carbocycles. The van der Waals surface area contributed by atoms with E-state index in [9.17, 15) is 0 Å². The van der Waals surface area contributed by atoms with E-state index in [0.29, 0.717) is 0 Å². The Kier molecular flexibility index (Phi) is 8.73. The Bertz CT molecular complexity index is 546. The highest BCUT2D eigenvalue weighted by molar-refractivity contribution is 5.78. The molecule has 1 heteroatoms. The Morgan fingerprint density at radius 2 is 1.67 bits per heavy atom. The summed E-state index contributed by atoms with van der Waals surface area (Å²) in [6.45, 7) is 12.2. The van der Waals surface area contributed by atoms with Crippen LogP contribution in [-0.2, 0) is 0 Å². The van der Waals surface area contributed by atoms with E-state index < -0.39 is 0 Å². The van der Waals surface area contributed by atoms with Gasteiger partial charge in [0.05, 0.1) is 0 Å². The van der Waals surface area contributed by atoms with E-state index in [1.165, 1.54) is 10.6 Å². The average molecular weight is 246 g/mol. The van der Waals surface area contributed by atoms with Gasteiger partial charge in [-0.25, -0.2) is 0 Å². The van der Waals surface area contributed by atoms with Crippen LogP contribution in [0.15, 0.2) is 28.7 Å². The monoisotopic (exact) mass is 246 g/mol. The Balaban J connectivity index is 0.000000659. The molecular formula is C17H26O. The van der Waals surface area contributed by atoms with Crippen molar-refractivity contribution in [3.63, 3.8) is 0 Å². The third-order valence-corrected chi connectivity index (χ3v) is 2.34. The summed E-state index contributed by atoms with van der Waals surface area (Å²) in [5, 5.41) is 2.41. The summed E-state index contributed by atoms with van der Waals surface area (Å²) in [5.41, 5.74) is 1.97. The van der Waals surface area contributed by atoms with Crippen LogP contribution in [-0.4, -0.2) is 0 Å². The second-order valence-electron chi connectivity index (χ2n) is 3.28. The molecule has 0 saturated heterocycles. The summed E-state index contributed by atoms with van der Waals surface area (Å²) in [6, 6.07) is 8.15. The van der Waals surface area contributed by atoms with Gasteiger partial charge in [0.2, 0.25) is 0 Å². The maximum Gasteiger partial charge on any atom is 0.135 e. The molecule has 0 amide bonds.